The number of hydrogen-bond donors (Lipinski definition) is 7. The number of carbonyl (C=O) groups excluding carboxylic acids is 3. The molecular weight excluding hydrogens is 564 g/mol. The van der Waals surface area contributed by atoms with Crippen molar-refractivity contribution in [1.82, 2.24) is 21.1 Å². The van der Waals surface area contributed by atoms with Gasteiger partial charge in [-0.15, -0.1) is 0 Å². The van der Waals surface area contributed by atoms with E-state index in [0.29, 0.717) is 31.2 Å². The standard InChI is InChI=1S/C33H38N4O7/c1-44-25-12-9-21(10-13-25)5-4-6-23(19-31(40)37-43)32(41)36-28(18-24-20-35-27-8-3-2-7-26(24)27)33(42)34-16-15-22-11-14-29(38)30(39)17-22/h2-3,7-14,17,20,23,28,35,38-39,43H,4-6,15-16,18-19H2,1H3,(H,34,42)(H,36,41)(H,37,40)/t23-,28+/m0/s1. The van der Waals surface area contributed by atoms with Gasteiger partial charge in [0.25, 0.3) is 0 Å². The van der Waals surface area contributed by atoms with Gasteiger partial charge < -0.3 is 30.6 Å². The summed E-state index contributed by atoms with van der Waals surface area (Å²) >= 11 is 0. The van der Waals surface area contributed by atoms with Gasteiger partial charge >= 0.3 is 0 Å². The summed E-state index contributed by atoms with van der Waals surface area (Å²) < 4.78 is 5.20. The topological polar surface area (TPSA) is 173 Å². The normalized spacial score (nSPS) is 12.3. The van der Waals surface area contributed by atoms with Crippen LogP contribution in [0, 0.1) is 5.92 Å². The molecule has 3 amide bonds. The Labute approximate surface area is 255 Å². The number of aromatic nitrogens is 1. The predicted molar refractivity (Wildman–Crippen MR) is 164 cm³/mol. The second kappa shape index (κ2) is 15.4. The Hall–Kier alpha value is -5.03. The summed E-state index contributed by atoms with van der Waals surface area (Å²) in [6.07, 6.45) is 3.78. The quantitative estimate of drug-likeness (QED) is 0.0619. The minimum atomic E-state index is -0.948. The number of para-hydroxylation sites is 1. The zero-order chi connectivity index (χ0) is 31.5. The lowest BCUT2D eigenvalue weighted by Crippen LogP contribution is -2.50. The molecule has 0 radical (unpaired) electrons. The number of fused-ring (bicyclic) bond motifs is 1. The van der Waals surface area contributed by atoms with Crippen LogP contribution >= 0.6 is 0 Å². The zero-order valence-corrected chi connectivity index (χ0v) is 24.5. The molecule has 7 N–H and O–H groups in total. The fourth-order valence-corrected chi connectivity index (χ4v) is 5.14. The van der Waals surface area contributed by atoms with E-state index in [0.717, 1.165) is 27.8 Å². The van der Waals surface area contributed by atoms with Gasteiger partial charge in [-0.1, -0.05) is 36.4 Å². The molecule has 4 aromatic rings. The van der Waals surface area contributed by atoms with Gasteiger partial charge in [0.15, 0.2) is 11.5 Å². The Kier molecular flexibility index (Phi) is 11.2. The summed E-state index contributed by atoms with van der Waals surface area (Å²) in [7, 11) is 1.60. The lowest BCUT2D eigenvalue weighted by atomic mass is 9.94. The van der Waals surface area contributed by atoms with E-state index < -0.39 is 29.7 Å². The minimum absolute atomic E-state index is 0.201. The van der Waals surface area contributed by atoms with Crippen molar-refractivity contribution in [3.63, 3.8) is 0 Å². The van der Waals surface area contributed by atoms with Crippen LogP contribution in [0.4, 0.5) is 0 Å². The molecule has 0 aliphatic carbocycles. The van der Waals surface area contributed by atoms with Crippen LogP contribution in [-0.4, -0.2) is 57.8 Å². The number of H-pyrrole nitrogens is 1. The van der Waals surface area contributed by atoms with E-state index >= 15 is 0 Å². The van der Waals surface area contributed by atoms with Gasteiger partial charge in [0, 0.05) is 42.4 Å². The smallest absolute Gasteiger partial charge is 0.244 e. The van der Waals surface area contributed by atoms with E-state index in [-0.39, 0.29) is 30.9 Å². The third-order valence-corrected chi connectivity index (χ3v) is 7.59. The molecule has 0 spiro atoms. The highest BCUT2D eigenvalue weighted by Gasteiger charge is 2.28. The predicted octanol–water partition coefficient (Wildman–Crippen LogP) is 3.51. The van der Waals surface area contributed by atoms with E-state index in [9.17, 15) is 24.6 Å². The van der Waals surface area contributed by atoms with Crippen LogP contribution in [0.5, 0.6) is 17.2 Å². The van der Waals surface area contributed by atoms with Crippen LogP contribution in [-0.2, 0) is 33.6 Å². The van der Waals surface area contributed by atoms with Crippen molar-refractivity contribution in [2.75, 3.05) is 13.7 Å². The molecule has 0 saturated heterocycles. The van der Waals surface area contributed by atoms with Gasteiger partial charge in [0.2, 0.25) is 17.7 Å². The molecule has 44 heavy (non-hydrogen) atoms. The summed E-state index contributed by atoms with van der Waals surface area (Å²) in [5.41, 5.74) is 5.11. The molecule has 232 valence electrons. The Morgan fingerprint density at radius 1 is 0.909 bits per heavy atom. The van der Waals surface area contributed by atoms with Crippen LogP contribution in [0.25, 0.3) is 10.9 Å². The maximum absolute atomic E-state index is 13.6. The first kappa shape index (κ1) is 31.9. The van der Waals surface area contributed by atoms with Crippen molar-refractivity contribution in [2.45, 2.75) is 44.6 Å². The van der Waals surface area contributed by atoms with E-state index in [2.05, 4.69) is 15.6 Å². The van der Waals surface area contributed by atoms with E-state index in [1.54, 1.807) is 18.7 Å². The second-order valence-electron chi connectivity index (χ2n) is 10.7. The van der Waals surface area contributed by atoms with Crippen LogP contribution in [0.1, 0.15) is 36.0 Å². The molecule has 0 bridgehead atoms. The van der Waals surface area contributed by atoms with E-state index in [1.165, 1.54) is 12.1 Å². The van der Waals surface area contributed by atoms with Crippen LogP contribution in [0.3, 0.4) is 0 Å². The van der Waals surface area contributed by atoms with E-state index in [1.807, 2.05) is 54.7 Å². The van der Waals surface area contributed by atoms with Crippen molar-refractivity contribution in [3.05, 3.63) is 89.6 Å². The maximum Gasteiger partial charge on any atom is 0.244 e. The third kappa shape index (κ3) is 8.74. The van der Waals surface area contributed by atoms with Crippen molar-refractivity contribution in [1.29, 1.82) is 0 Å². The van der Waals surface area contributed by atoms with Gasteiger partial charge in [-0.25, -0.2) is 5.48 Å². The summed E-state index contributed by atoms with van der Waals surface area (Å²) in [4.78, 5) is 42.3. The Bertz CT molecular complexity index is 1570. The number of nitrogens with one attached hydrogen (secondary N) is 4. The number of aromatic amines is 1. The number of ether oxygens (including phenoxy) is 1. The van der Waals surface area contributed by atoms with Crippen molar-refractivity contribution in [3.8, 4) is 17.2 Å². The van der Waals surface area contributed by atoms with Crippen molar-refractivity contribution >= 4 is 28.6 Å². The molecule has 11 heteroatoms. The molecule has 4 rings (SSSR count). The average molecular weight is 603 g/mol. The SMILES string of the molecule is COc1ccc(CCC[C@@H](CC(=O)NO)C(=O)N[C@H](Cc2c[nH]c3ccccc23)C(=O)NCCc2ccc(O)c(O)c2)cc1. The summed E-state index contributed by atoms with van der Waals surface area (Å²) in [6.45, 7) is 0.224. The number of methoxy groups -OCH3 is 1. The molecule has 2 atom stereocenters. The third-order valence-electron chi connectivity index (χ3n) is 7.59. The molecule has 0 saturated carbocycles. The number of hydrogen-bond acceptors (Lipinski definition) is 7. The molecule has 0 aliphatic heterocycles. The number of benzene rings is 3. The highest BCUT2D eigenvalue weighted by molar-refractivity contribution is 5.91. The molecule has 1 aromatic heterocycles. The summed E-state index contributed by atoms with van der Waals surface area (Å²) in [5.74, 6) is -2.08. The van der Waals surface area contributed by atoms with Gasteiger partial charge in [-0.05, 0) is 72.7 Å². The number of amides is 3. The first-order valence-electron chi connectivity index (χ1n) is 14.5. The summed E-state index contributed by atoms with van der Waals surface area (Å²) in [5, 5.41) is 35.1. The van der Waals surface area contributed by atoms with Gasteiger partial charge in [-0.3, -0.25) is 19.6 Å². The number of phenolic OH excluding ortho intramolecular Hbond substituents is 2. The second-order valence-corrected chi connectivity index (χ2v) is 10.7. The van der Waals surface area contributed by atoms with Crippen LogP contribution < -0.4 is 20.9 Å². The zero-order valence-electron chi connectivity index (χ0n) is 24.5. The monoisotopic (exact) mass is 602 g/mol. The lowest BCUT2D eigenvalue weighted by molar-refractivity contribution is -0.136. The molecule has 3 aromatic carbocycles. The molecule has 1 heterocycles. The number of rotatable bonds is 15. The molecular formula is C33H38N4O7. The first-order chi connectivity index (χ1) is 21.3. The number of phenols is 2. The van der Waals surface area contributed by atoms with E-state index in [4.69, 9.17) is 9.94 Å². The molecule has 0 unspecified atom stereocenters. The van der Waals surface area contributed by atoms with Gasteiger partial charge in [0.05, 0.1) is 7.11 Å². The number of aromatic hydroxyl groups is 2. The number of carbonyl (C=O) groups is 3. The van der Waals surface area contributed by atoms with Gasteiger partial charge in [0.1, 0.15) is 11.8 Å². The number of aryl methyl sites for hydroxylation is 1. The highest BCUT2D eigenvalue weighted by atomic mass is 16.5. The summed E-state index contributed by atoms with van der Waals surface area (Å²) in [6, 6.07) is 18.8. The molecule has 11 nitrogen and oxygen atoms in total. The fourth-order valence-electron chi connectivity index (χ4n) is 5.14. The maximum atomic E-state index is 13.6. The Balaban J connectivity index is 1.46. The minimum Gasteiger partial charge on any atom is -0.504 e. The fraction of sp³-hybridized carbons (Fsp3) is 0.303. The first-order valence-corrected chi connectivity index (χ1v) is 14.5. The highest BCUT2D eigenvalue weighted by Crippen LogP contribution is 2.25. The van der Waals surface area contributed by atoms with Crippen molar-refractivity contribution in [2.24, 2.45) is 5.92 Å². The Morgan fingerprint density at radius 2 is 1.66 bits per heavy atom. The number of hydroxylamine groups is 1. The van der Waals surface area contributed by atoms with Crippen molar-refractivity contribution < 1.29 is 34.5 Å². The van der Waals surface area contributed by atoms with Crippen LogP contribution in [0.15, 0.2) is 72.9 Å². The molecule has 0 fully saturated rings. The van der Waals surface area contributed by atoms with Gasteiger partial charge in [-0.2, -0.15) is 0 Å². The average Bonchev–Trinajstić information content (AvgIpc) is 3.44. The lowest BCUT2D eigenvalue weighted by Gasteiger charge is -2.22. The Morgan fingerprint density at radius 3 is 2.39 bits per heavy atom. The molecule has 0 aliphatic rings. The largest absolute Gasteiger partial charge is 0.504 e. The van der Waals surface area contributed by atoms with Crippen LogP contribution in [0.2, 0.25) is 0 Å².